The van der Waals surface area contributed by atoms with Crippen LogP contribution in [0.4, 0.5) is 5.69 Å². The number of β-lactam (4-membered cyclic amide) rings is 1. The number of aliphatic hydroxyl groups is 1. The number of nitrogens with zero attached hydrogens (tertiary/aromatic N) is 2. The maximum Gasteiger partial charge on any atom is 0.353 e. The first-order valence-electron chi connectivity index (χ1n) is 14.4. The summed E-state index contributed by atoms with van der Waals surface area (Å²) in [7, 11) is 0. The number of carbonyl (C=O) groups is 4. The zero-order valence-corrected chi connectivity index (χ0v) is 25.6. The second-order valence-corrected chi connectivity index (χ2v) is 13.3. The SMILES string of the molecule is Cc1cc(C)c(CN2C[C@@H](SC3=C(C(=O)O)N4C(=O)[C@H]([C@@H](C)O)[C@H]4[C@H]3C)C[C@H]2C(=O)Nc2cccc(C(=O)O)c2)cc1C. The van der Waals surface area contributed by atoms with Crippen LogP contribution in [0.15, 0.2) is 47.0 Å². The quantitative estimate of drug-likeness (QED) is 0.313. The fourth-order valence-electron chi connectivity index (χ4n) is 6.62. The Bertz CT molecular complexity index is 1540. The molecule has 3 heterocycles. The molecule has 4 N–H and O–H groups in total. The molecular formula is C32H37N3O7S. The number of rotatable bonds is 9. The van der Waals surface area contributed by atoms with E-state index in [0.29, 0.717) is 30.1 Å². The molecule has 228 valence electrons. The molecular weight excluding hydrogens is 570 g/mol. The minimum atomic E-state index is -1.18. The van der Waals surface area contributed by atoms with Gasteiger partial charge in [0.2, 0.25) is 11.8 Å². The number of carbonyl (C=O) groups excluding carboxylic acids is 2. The summed E-state index contributed by atoms with van der Waals surface area (Å²) >= 11 is 1.40. The number of thioether (sulfide) groups is 1. The number of likely N-dealkylation sites (tertiary alicyclic amines) is 1. The van der Waals surface area contributed by atoms with Crippen LogP contribution in [0.1, 0.15) is 52.9 Å². The van der Waals surface area contributed by atoms with Crippen LogP contribution in [0.25, 0.3) is 0 Å². The molecule has 0 aliphatic carbocycles. The Morgan fingerprint density at radius 3 is 2.40 bits per heavy atom. The normalized spacial score (nSPS) is 25.9. The molecule has 2 aromatic carbocycles. The molecule has 0 spiro atoms. The number of amides is 2. The maximum atomic E-state index is 13.7. The predicted molar refractivity (Wildman–Crippen MR) is 163 cm³/mol. The number of carboxylic acids is 2. The Balaban J connectivity index is 1.42. The van der Waals surface area contributed by atoms with Crippen LogP contribution >= 0.6 is 11.8 Å². The smallest absolute Gasteiger partial charge is 0.353 e. The number of benzene rings is 2. The van der Waals surface area contributed by atoms with Crippen molar-refractivity contribution >= 4 is 41.2 Å². The molecule has 10 nitrogen and oxygen atoms in total. The molecule has 11 heteroatoms. The van der Waals surface area contributed by atoms with E-state index in [1.165, 1.54) is 34.4 Å². The van der Waals surface area contributed by atoms with Gasteiger partial charge in [0.25, 0.3) is 0 Å². The van der Waals surface area contributed by atoms with Crippen molar-refractivity contribution in [1.82, 2.24) is 9.80 Å². The number of anilines is 1. The first-order valence-corrected chi connectivity index (χ1v) is 15.3. The number of nitrogens with one attached hydrogen (secondary N) is 1. The van der Waals surface area contributed by atoms with Gasteiger partial charge in [0.1, 0.15) is 5.70 Å². The van der Waals surface area contributed by atoms with Gasteiger partial charge in [-0.1, -0.05) is 25.1 Å². The van der Waals surface area contributed by atoms with Crippen LogP contribution in [0.2, 0.25) is 0 Å². The van der Waals surface area contributed by atoms with E-state index in [9.17, 15) is 34.5 Å². The molecule has 2 amide bonds. The van der Waals surface area contributed by atoms with Gasteiger partial charge in [0.05, 0.1) is 29.7 Å². The number of aromatic carboxylic acids is 1. The Labute approximate surface area is 254 Å². The molecule has 0 radical (unpaired) electrons. The van der Waals surface area contributed by atoms with Crippen molar-refractivity contribution in [2.45, 2.75) is 71.0 Å². The highest BCUT2D eigenvalue weighted by molar-refractivity contribution is 8.03. The molecule has 5 rings (SSSR count). The zero-order valence-electron chi connectivity index (χ0n) is 24.8. The van der Waals surface area contributed by atoms with Gasteiger partial charge in [-0.25, -0.2) is 9.59 Å². The second-order valence-electron chi connectivity index (χ2n) is 11.9. The molecule has 0 unspecified atom stereocenters. The highest BCUT2D eigenvalue weighted by Crippen LogP contribution is 2.52. The van der Waals surface area contributed by atoms with Gasteiger partial charge in [-0.2, -0.15) is 0 Å². The Hall–Kier alpha value is -3.67. The highest BCUT2D eigenvalue weighted by atomic mass is 32.2. The number of aliphatic carboxylic acids is 1. The summed E-state index contributed by atoms with van der Waals surface area (Å²) in [6, 6.07) is 9.41. The third kappa shape index (κ3) is 5.69. The van der Waals surface area contributed by atoms with E-state index in [0.717, 1.165) is 16.7 Å². The van der Waals surface area contributed by atoms with E-state index < -0.39 is 36.0 Å². The van der Waals surface area contributed by atoms with Crippen molar-refractivity contribution in [3.63, 3.8) is 0 Å². The monoisotopic (exact) mass is 607 g/mol. The second kappa shape index (κ2) is 11.8. The molecule has 0 saturated carbocycles. The first kappa shape index (κ1) is 30.8. The standard InChI is InChI=1S/C32H37N3O7S/c1-15-9-17(3)21(10-16(15)2)13-34-14-23(12-24(34)29(37)33-22-8-6-7-20(11-22)31(39)40)43-28-18(4)26-25(19(5)36)30(38)35(26)27(28)32(41)42/h6-11,18-19,23-26,36H,12-14H2,1-5H3,(H,33,37)(H,39,40)(H,41,42)/t18-,19-,23+,24+,25-,26-/m1/s1. The van der Waals surface area contributed by atoms with Crippen LogP contribution in [-0.2, 0) is 20.9 Å². The molecule has 3 aliphatic rings. The summed E-state index contributed by atoms with van der Waals surface area (Å²) in [5, 5.41) is 32.4. The Kier molecular flexibility index (Phi) is 8.43. The minimum Gasteiger partial charge on any atom is -0.478 e. The van der Waals surface area contributed by atoms with Crippen molar-refractivity contribution < 1.29 is 34.5 Å². The largest absolute Gasteiger partial charge is 0.478 e. The van der Waals surface area contributed by atoms with Gasteiger partial charge in [-0.15, -0.1) is 11.8 Å². The number of hydrogen-bond acceptors (Lipinski definition) is 7. The average molecular weight is 608 g/mol. The van der Waals surface area contributed by atoms with Gasteiger partial charge in [-0.05, 0) is 74.6 Å². The molecule has 2 fully saturated rings. The van der Waals surface area contributed by atoms with Crippen molar-refractivity contribution in [2.24, 2.45) is 11.8 Å². The minimum absolute atomic E-state index is 0.0284. The zero-order chi connectivity index (χ0) is 31.3. The Morgan fingerprint density at radius 1 is 1.05 bits per heavy atom. The van der Waals surface area contributed by atoms with Gasteiger partial charge in [-0.3, -0.25) is 14.5 Å². The van der Waals surface area contributed by atoms with E-state index >= 15 is 0 Å². The third-order valence-corrected chi connectivity index (χ3v) is 10.5. The van der Waals surface area contributed by atoms with Gasteiger partial charge >= 0.3 is 11.9 Å². The van der Waals surface area contributed by atoms with Crippen LogP contribution in [0, 0.1) is 32.6 Å². The summed E-state index contributed by atoms with van der Waals surface area (Å²) in [5.74, 6) is -3.83. The lowest BCUT2D eigenvalue weighted by Crippen LogP contribution is -2.63. The molecule has 0 bridgehead atoms. The predicted octanol–water partition coefficient (Wildman–Crippen LogP) is 3.78. The maximum absolute atomic E-state index is 13.7. The molecule has 0 aromatic heterocycles. The van der Waals surface area contributed by atoms with E-state index in [-0.39, 0.29) is 34.2 Å². The fraction of sp³-hybridized carbons (Fsp3) is 0.438. The van der Waals surface area contributed by atoms with Gasteiger partial charge < -0.3 is 25.5 Å². The number of fused-ring (bicyclic) bond motifs is 1. The topological polar surface area (TPSA) is 147 Å². The fourth-order valence-corrected chi connectivity index (χ4v) is 8.17. The highest BCUT2D eigenvalue weighted by Gasteiger charge is 2.60. The van der Waals surface area contributed by atoms with Crippen LogP contribution in [0.3, 0.4) is 0 Å². The Morgan fingerprint density at radius 2 is 1.74 bits per heavy atom. The first-order chi connectivity index (χ1) is 20.3. The van der Waals surface area contributed by atoms with Gasteiger partial charge in [0.15, 0.2) is 0 Å². The van der Waals surface area contributed by atoms with E-state index in [1.54, 1.807) is 19.1 Å². The molecule has 43 heavy (non-hydrogen) atoms. The van der Waals surface area contributed by atoms with E-state index in [2.05, 4.69) is 29.3 Å². The van der Waals surface area contributed by atoms with Crippen LogP contribution < -0.4 is 5.32 Å². The molecule has 6 atom stereocenters. The van der Waals surface area contributed by atoms with Crippen molar-refractivity contribution in [3.05, 3.63) is 74.8 Å². The summed E-state index contributed by atoms with van der Waals surface area (Å²) in [4.78, 5) is 54.3. The number of carboxylic acid groups (broad SMARTS) is 2. The number of aryl methyl sites for hydroxylation is 3. The summed E-state index contributed by atoms with van der Waals surface area (Å²) in [6.07, 6.45) is -0.452. The molecule has 3 aliphatic heterocycles. The lowest BCUT2D eigenvalue weighted by atomic mass is 9.79. The summed E-state index contributed by atoms with van der Waals surface area (Å²) < 4.78 is 0. The van der Waals surface area contributed by atoms with E-state index in [1.807, 2.05) is 20.8 Å². The lowest BCUT2D eigenvalue weighted by Gasteiger charge is -2.46. The molecule has 2 aromatic rings. The van der Waals surface area contributed by atoms with Crippen molar-refractivity contribution in [2.75, 3.05) is 11.9 Å². The third-order valence-electron chi connectivity index (χ3n) is 8.98. The average Bonchev–Trinajstić information content (AvgIpc) is 3.43. The lowest BCUT2D eigenvalue weighted by molar-refractivity contribution is -0.163. The van der Waals surface area contributed by atoms with E-state index in [4.69, 9.17) is 0 Å². The van der Waals surface area contributed by atoms with Gasteiger partial charge in [0, 0.05) is 34.8 Å². The summed E-state index contributed by atoms with van der Waals surface area (Å²) in [6.45, 7) is 10.6. The molecule has 2 saturated heterocycles. The van der Waals surface area contributed by atoms with Crippen LogP contribution in [0.5, 0.6) is 0 Å². The van der Waals surface area contributed by atoms with Crippen molar-refractivity contribution in [3.8, 4) is 0 Å². The number of aliphatic hydroxyl groups excluding tert-OH is 1. The van der Waals surface area contributed by atoms with Crippen molar-refractivity contribution in [1.29, 1.82) is 0 Å². The van der Waals surface area contributed by atoms with Crippen LogP contribution in [-0.4, -0.2) is 78.9 Å². The summed E-state index contributed by atoms with van der Waals surface area (Å²) in [5.41, 5.74) is 4.96. The number of hydrogen-bond donors (Lipinski definition) is 4.